The molecule has 3 aromatic heterocycles. The molecule has 1 atom stereocenters. The van der Waals surface area contributed by atoms with Crippen LogP contribution in [-0.2, 0) is 22.9 Å². The van der Waals surface area contributed by atoms with Gasteiger partial charge in [-0.3, -0.25) is 0 Å². The molecule has 1 aromatic carbocycles. The lowest BCUT2D eigenvalue weighted by molar-refractivity contribution is 0.315. The molecule has 0 bridgehead atoms. The van der Waals surface area contributed by atoms with Crippen molar-refractivity contribution in [3.8, 4) is 0 Å². The second kappa shape index (κ2) is 7.46. The van der Waals surface area contributed by atoms with Gasteiger partial charge in [0, 0.05) is 31.1 Å². The number of hydrogen-bond acceptors (Lipinski definition) is 9. The number of piperazine rings is 1. The predicted molar refractivity (Wildman–Crippen MR) is 121 cm³/mol. The lowest BCUT2D eigenvalue weighted by Crippen LogP contribution is -2.49. The van der Waals surface area contributed by atoms with Gasteiger partial charge in [0.15, 0.2) is 5.52 Å². The van der Waals surface area contributed by atoms with Gasteiger partial charge in [0.25, 0.3) is 0 Å². The van der Waals surface area contributed by atoms with Crippen molar-refractivity contribution in [2.24, 2.45) is 5.92 Å². The Bertz CT molecular complexity index is 1420. The zero-order chi connectivity index (χ0) is 21.9. The van der Waals surface area contributed by atoms with Crippen LogP contribution in [0, 0.1) is 5.92 Å². The van der Waals surface area contributed by atoms with Crippen molar-refractivity contribution in [2.75, 3.05) is 31.1 Å². The van der Waals surface area contributed by atoms with Gasteiger partial charge in [-0.1, -0.05) is 13.0 Å². The number of benzene rings is 1. The van der Waals surface area contributed by atoms with E-state index in [1.54, 1.807) is 35.9 Å². The molecule has 11 heteroatoms. The molecule has 6 rings (SSSR count). The Morgan fingerprint density at radius 3 is 2.81 bits per heavy atom. The molecule has 4 aromatic rings. The number of aromatic nitrogens is 4. The number of sulfonamides is 1. The molecule has 0 amide bonds. The second-order valence-electron chi connectivity index (χ2n) is 8.51. The minimum Gasteiger partial charge on any atom is -0.353 e. The standard InChI is InChI=1S/C21H22N6O3S2/c1-13-5-6-14-16(11-13)31-21-18(14)20(22-12-23-21)26-7-9-27(10-8-26)32(28,29)17-4-2-3-15-19(17)25-30-24-15/h2-4,12-13H,5-11H2,1H3. The average Bonchev–Trinajstić information content (AvgIpc) is 3.42. The van der Waals surface area contributed by atoms with E-state index in [9.17, 15) is 8.42 Å². The van der Waals surface area contributed by atoms with Crippen LogP contribution in [0.2, 0.25) is 0 Å². The van der Waals surface area contributed by atoms with Gasteiger partial charge in [0.1, 0.15) is 27.4 Å². The number of fused-ring (bicyclic) bond motifs is 4. The summed E-state index contributed by atoms with van der Waals surface area (Å²) >= 11 is 1.78. The molecule has 4 heterocycles. The fraction of sp³-hybridized carbons (Fsp3) is 0.429. The molecular formula is C21H22N6O3S2. The van der Waals surface area contributed by atoms with Crippen molar-refractivity contribution in [3.05, 3.63) is 35.0 Å². The first-order chi connectivity index (χ1) is 15.5. The van der Waals surface area contributed by atoms with Crippen LogP contribution in [0.15, 0.2) is 34.1 Å². The molecule has 1 aliphatic heterocycles. The van der Waals surface area contributed by atoms with Gasteiger partial charge >= 0.3 is 0 Å². The maximum Gasteiger partial charge on any atom is 0.245 e. The summed E-state index contributed by atoms with van der Waals surface area (Å²) in [5.74, 6) is 1.63. The molecule has 0 saturated carbocycles. The largest absolute Gasteiger partial charge is 0.353 e. The normalized spacial score (nSPS) is 20.2. The SMILES string of the molecule is CC1CCc2c(sc3ncnc(N4CCN(S(=O)(=O)c5cccc6nonc56)CC4)c23)C1. The van der Waals surface area contributed by atoms with Gasteiger partial charge in [-0.05, 0) is 53.2 Å². The minimum atomic E-state index is -3.70. The lowest BCUT2D eigenvalue weighted by atomic mass is 9.89. The van der Waals surface area contributed by atoms with Crippen LogP contribution in [0.5, 0.6) is 0 Å². The van der Waals surface area contributed by atoms with Crippen LogP contribution < -0.4 is 4.90 Å². The van der Waals surface area contributed by atoms with Crippen molar-refractivity contribution < 1.29 is 13.0 Å². The summed E-state index contributed by atoms with van der Waals surface area (Å²) in [6.45, 7) is 4.19. The number of aryl methyl sites for hydroxylation is 1. The molecule has 1 unspecified atom stereocenters. The summed E-state index contributed by atoms with van der Waals surface area (Å²) in [5.41, 5.74) is 2.09. The zero-order valence-corrected chi connectivity index (χ0v) is 19.2. The van der Waals surface area contributed by atoms with Gasteiger partial charge in [0.05, 0.1) is 5.39 Å². The van der Waals surface area contributed by atoms with E-state index < -0.39 is 10.0 Å². The van der Waals surface area contributed by atoms with Crippen molar-refractivity contribution in [3.63, 3.8) is 0 Å². The van der Waals surface area contributed by atoms with Crippen LogP contribution in [0.3, 0.4) is 0 Å². The predicted octanol–water partition coefficient (Wildman–Crippen LogP) is 2.86. The monoisotopic (exact) mass is 470 g/mol. The Morgan fingerprint density at radius 2 is 1.97 bits per heavy atom. The number of thiophene rings is 1. The fourth-order valence-electron chi connectivity index (χ4n) is 4.77. The highest BCUT2D eigenvalue weighted by Crippen LogP contribution is 2.40. The van der Waals surface area contributed by atoms with E-state index in [0.29, 0.717) is 37.6 Å². The Morgan fingerprint density at radius 1 is 1.12 bits per heavy atom. The Kier molecular flexibility index (Phi) is 4.67. The number of nitrogens with zero attached hydrogens (tertiary/aromatic N) is 6. The number of hydrogen-bond donors (Lipinski definition) is 0. The van der Waals surface area contributed by atoms with Gasteiger partial charge in [-0.2, -0.15) is 4.31 Å². The van der Waals surface area contributed by atoms with Crippen molar-refractivity contribution in [1.29, 1.82) is 0 Å². The quantitative estimate of drug-likeness (QED) is 0.450. The lowest BCUT2D eigenvalue weighted by Gasteiger charge is -2.35. The third-order valence-corrected chi connectivity index (χ3v) is 9.57. The molecule has 1 fully saturated rings. The smallest absolute Gasteiger partial charge is 0.245 e. The average molecular weight is 471 g/mol. The zero-order valence-electron chi connectivity index (χ0n) is 17.6. The van der Waals surface area contributed by atoms with E-state index in [0.717, 1.165) is 28.9 Å². The third-order valence-electron chi connectivity index (χ3n) is 6.48. The molecule has 2 aliphatic rings. The van der Waals surface area contributed by atoms with Gasteiger partial charge in [-0.25, -0.2) is 23.0 Å². The first-order valence-corrected chi connectivity index (χ1v) is 13.0. The first kappa shape index (κ1) is 20.0. The maximum atomic E-state index is 13.3. The van der Waals surface area contributed by atoms with Crippen LogP contribution in [-0.4, -0.2) is 59.2 Å². The third kappa shape index (κ3) is 3.10. The number of anilines is 1. The van der Waals surface area contributed by atoms with E-state index in [4.69, 9.17) is 4.63 Å². The molecule has 166 valence electrons. The molecule has 0 N–H and O–H groups in total. The molecule has 1 aliphatic carbocycles. The Hall–Kier alpha value is -2.63. The summed E-state index contributed by atoms with van der Waals surface area (Å²) in [4.78, 5) is 14.0. The fourth-order valence-corrected chi connectivity index (χ4v) is 7.67. The summed E-state index contributed by atoms with van der Waals surface area (Å²) in [7, 11) is -3.70. The first-order valence-electron chi connectivity index (χ1n) is 10.7. The Labute approximate surface area is 189 Å². The van der Waals surface area contributed by atoms with Crippen molar-refractivity contribution in [1.82, 2.24) is 24.6 Å². The summed E-state index contributed by atoms with van der Waals surface area (Å²) in [6.07, 6.45) is 4.97. The molecule has 9 nitrogen and oxygen atoms in total. The van der Waals surface area contributed by atoms with Gasteiger partial charge in [0.2, 0.25) is 10.0 Å². The second-order valence-corrected chi connectivity index (χ2v) is 11.5. The van der Waals surface area contributed by atoms with Crippen LogP contribution in [0.25, 0.3) is 21.3 Å². The molecule has 1 saturated heterocycles. The summed E-state index contributed by atoms with van der Waals surface area (Å²) in [5, 5.41) is 8.72. The summed E-state index contributed by atoms with van der Waals surface area (Å²) in [6, 6.07) is 4.90. The van der Waals surface area contributed by atoms with E-state index in [2.05, 4.69) is 32.1 Å². The van der Waals surface area contributed by atoms with Crippen LogP contribution in [0.4, 0.5) is 5.82 Å². The van der Waals surface area contributed by atoms with E-state index in [1.807, 2.05) is 0 Å². The highest BCUT2D eigenvalue weighted by molar-refractivity contribution is 7.89. The van der Waals surface area contributed by atoms with Crippen LogP contribution >= 0.6 is 11.3 Å². The Balaban J connectivity index is 1.29. The van der Waals surface area contributed by atoms with E-state index in [-0.39, 0.29) is 10.4 Å². The van der Waals surface area contributed by atoms with Gasteiger partial charge in [-0.15, -0.1) is 11.3 Å². The summed E-state index contributed by atoms with van der Waals surface area (Å²) < 4.78 is 32.9. The molecule has 0 radical (unpaired) electrons. The van der Waals surface area contributed by atoms with E-state index >= 15 is 0 Å². The maximum absolute atomic E-state index is 13.3. The molecule has 32 heavy (non-hydrogen) atoms. The van der Waals surface area contributed by atoms with Gasteiger partial charge < -0.3 is 4.90 Å². The van der Waals surface area contributed by atoms with E-state index in [1.165, 1.54) is 21.2 Å². The molecule has 0 spiro atoms. The topological polar surface area (TPSA) is 105 Å². The van der Waals surface area contributed by atoms with Crippen LogP contribution in [0.1, 0.15) is 23.8 Å². The number of rotatable bonds is 3. The highest BCUT2D eigenvalue weighted by atomic mass is 32.2. The minimum absolute atomic E-state index is 0.134. The van der Waals surface area contributed by atoms with Crippen molar-refractivity contribution >= 4 is 48.4 Å². The van der Waals surface area contributed by atoms with Crippen molar-refractivity contribution in [2.45, 2.75) is 31.1 Å². The highest BCUT2D eigenvalue weighted by Gasteiger charge is 2.32. The molecular weight excluding hydrogens is 448 g/mol.